The van der Waals surface area contributed by atoms with Crippen molar-refractivity contribution in [3.05, 3.63) is 114 Å². The van der Waals surface area contributed by atoms with E-state index in [-0.39, 0.29) is 29.1 Å². The van der Waals surface area contributed by atoms with Crippen LogP contribution in [0, 0.1) is 0 Å². The monoisotopic (exact) mass is 555 g/mol. The van der Waals surface area contributed by atoms with E-state index in [2.05, 4.69) is 10.3 Å². The molecule has 10 nitrogen and oxygen atoms in total. The number of benzene rings is 3. The lowest BCUT2D eigenvalue weighted by Crippen LogP contribution is -2.24. The molecule has 3 aromatic carbocycles. The van der Waals surface area contributed by atoms with Gasteiger partial charge in [-0.05, 0) is 48.0 Å². The minimum Gasteiger partial charge on any atom is -0.507 e. The van der Waals surface area contributed by atoms with Crippen molar-refractivity contribution in [3.8, 4) is 34.1 Å². The predicted molar refractivity (Wildman–Crippen MR) is 161 cm³/mol. The maximum absolute atomic E-state index is 12.8. The Kier molecular flexibility index (Phi) is 6.77. The zero-order chi connectivity index (χ0) is 29.2. The number of hydrogen-bond donors (Lipinski definition) is 4. The molecule has 42 heavy (non-hydrogen) atoms. The zero-order valence-corrected chi connectivity index (χ0v) is 22.2. The van der Waals surface area contributed by atoms with Gasteiger partial charge in [0.2, 0.25) is 0 Å². The summed E-state index contributed by atoms with van der Waals surface area (Å²) in [6, 6.07) is 27.5. The highest BCUT2D eigenvalue weighted by atomic mass is 16.3. The van der Waals surface area contributed by atoms with Gasteiger partial charge >= 0.3 is 0 Å². The molecular weight excluding hydrogens is 530 g/mol. The Bertz CT molecular complexity index is 1950. The summed E-state index contributed by atoms with van der Waals surface area (Å²) in [4.78, 5) is 38.0. The number of anilines is 2. The van der Waals surface area contributed by atoms with E-state index in [4.69, 9.17) is 21.4 Å². The van der Waals surface area contributed by atoms with Crippen LogP contribution in [0.25, 0.3) is 39.5 Å². The second-order valence-corrected chi connectivity index (χ2v) is 9.58. The molecule has 0 radical (unpaired) electrons. The zero-order valence-electron chi connectivity index (χ0n) is 22.2. The molecule has 0 saturated carbocycles. The molecule has 0 unspecified atom stereocenters. The molecule has 0 spiro atoms. The van der Waals surface area contributed by atoms with Crippen LogP contribution in [-0.4, -0.2) is 36.8 Å². The Morgan fingerprint density at radius 2 is 1.71 bits per heavy atom. The number of hydrogen-bond acceptors (Lipinski definition) is 8. The lowest BCUT2D eigenvalue weighted by molar-refractivity contribution is 0.0951. The third kappa shape index (κ3) is 4.88. The van der Waals surface area contributed by atoms with Gasteiger partial charge in [0, 0.05) is 35.7 Å². The topological polar surface area (TPSA) is 162 Å². The van der Waals surface area contributed by atoms with Gasteiger partial charge in [-0.25, -0.2) is 15.0 Å². The minimum absolute atomic E-state index is 0.0136. The smallest absolute Gasteiger partial charge is 0.253 e. The molecule has 0 aliphatic heterocycles. The van der Waals surface area contributed by atoms with E-state index >= 15 is 0 Å². The number of imidazole rings is 1. The van der Waals surface area contributed by atoms with Crippen molar-refractivity contribution in [2.24, 2.45) is 0 Å². The van der Waals surface area contributed by atoms with Crippen molar-refractivity contribution >= 4 is 34.9 Å². The quantitative estimate of drug-likeness (QED) is 0.162. The fourth-order valence-electron chi connectivity index (χ4n) is 4.71. The average Bonchev–Trinajstić information content (AvgIpc) is 3.39. The SMILES string of the molecule is Nc1cc(O)c(C=O)cc1C(=O)NCc1ccc(-n2c(-c3cccnc3N)nc3ccc(-c4ccccc4)nc32)cc1. The summed E-state index contributed by atoms with van der Waals surface area (Å²) < 4.78 is 1.94. The van der Waals surface area contributed by atoms with Gasteiger partial charge in [-0.3, -0.25) is 14.2 Å². The maximum atomic E-state index is 12.8. The van der Waals surface area contributed by atoms with Gasteiger partial charge in [0.1, 0.15) is 17.1 Å². The summed E-state index contributed by atoms with van der Waals surface area (Å²) in [5.41, 5.74) is 17.7. The Balaban J connectivity index is 1.35. The second kappa shape index (κ2) is 10.9. The molecule has 6 N–H and O–H groups in total. The number of phenolic OH excluding ortho intramolecular Hbond substituents is 1. The van der Waals surface area contributed by atoms with E-state index in [0.29, 0.717) is 34.7 Å². The van der Waals surface area contributed by atoms with Gasteiger partial charge in [0.25, 0.3) is 5.91 Å². The number of nitrogen functional groups attached to an aromatic ring is 2. The highest BCUT2D eigenvalue weighted by molar-refractivity contribution is 6.01. The van der Waals surface area contributed by atoms with E-state index < -0.39 is 5.91 Å². The van der Waals surface area contributed by atoms with Gasteiger partial charge in [-0.15, -0.1) is 0 Å². The van der Waals surface area contributed by atoms with E-state index in [9.17, 15) is 14.7 Å². The minimum atomic E-state index is -0.465. The number of aldehydes is 1. The van der Waals surface area contributed by atoms with Crippen LogP contribution in [0.1, 0.15) is 26.3 Å². The van der Waals surface area contributed by atoms with Crippen molar-refractivity contribution in [1.29, 1.82) is 0 Å². The third-order valence-corrected chi connectivity index (χ3v) is 6.87. The van der Waals surface area contributed by atoms with Gasteiger partial charge in [-0.2, -0.15) is 0 Å². The van der Waals surface area contributed by atoms with Crippen molar-refractivity contribution in [3.63, 3.8) is 0 Å². The van der Waals surface area contributed by atoms with E-state index in [0.717, 1.165) is 22.5 Å². The standard InChI is InChI=1S/C32H25N7O3/c33-25-16-28(41)21(18-40)15-24(25)32(42)36-17-19-8-10-22(11-9-19)39-30(23-7-4-14-35-29(23)34)38-27-13-12-26(37-31(27)39)20-5-2-1-3-6-20/h1-16,18,41H,17,33H2,(H2,34,35)(H,36,42). The van der Waals surface area contributed by atoms with Crippen LogP contribution in [-0.2, 0) is 6.54 Å². The number of amides is 1. The lowest BCUT2D eigenvalue weighted by Gasteiger charge is -2.12. The van der Waals surface area contributed by atoms with Crippen LogP contribution < -0.4 is 16.8 Å². The summed E-state index contributed by atoms with van der Waals surface area (Å²) in [6.07, 6.45) is 2.10. The number of rotatable bonds is 7. The second-order valence-electron chi connectivity index (χ2n) is 9.58. The summed E-state index contributed by atoms with van der Waals surface area (Å²) >= 11 is 0. The van der Waals surface area contributed by atoms with Crippen molar-refractivity contribution in [2.75, 3.05) is 11.5 Å². The van der Waals surface area contributed by atoms with Gasteiger partial charge < -0.3 is 21.9 Å². The highest BCUT2D eigenvalue weighted by Crippen LogP contribution is 2.32. The van der Waals surface area contributed by atoms with Crippen LogP contribution in [0.2, 0.25) is 0 Å². The Morgan fingerprint density at radius 3 is 2.45 bits per heavy atom. The number of carbonyl (C=O) groups excluding carboxylic acids is 2. The Morgan fingerprint density at radius 1 is 0.929 bits per heavy atom. The largest absolute Gasteiger partial charge is 0.507 e. The Labute approximate surface area is 240 Å². The molecular formula is C32H25N7O3. The molecule has 0 bridgehead atoms. The fourth-order valence-corrected chi connectivity index (χ4v) is 4.71. The van der Waals surface area contributed by atoms with Crippen LogP contribution in [0.4, 0.5) is 11.5 Å². The maximum Gasteiger partial charge on any atom is 0.253 e. The molecule has 3 heterocycles. The number of nitrogens with zero attached hydrogens (tertiary/aromatic N) is 4. The number of nitrogens with two attached hydrogens (primary N) is 2. The van der Waals surface area contributed by atoms with Crippen LogP contribution in [0.3, 0.4) is 0 Å². The van der Waals surface area contributed by atoms with Crippen molar-refractivity contribution in [1.82, 2.24) is 24.8 Å². The molecule has 0 aliphatic carbocycles. The predicted octanol–water partition coefficient (Wildman–Crippen LogP) is 4.76. The molecule has 206 valence electrons. The summed E-state index contributed by atoms with van der Waals surface area (Å²) in [5.74, 6) is 0.206. The van der Waals surface area contributed by atoms with Crippen LogP contribution in [0.5, 0.6) is 5.75 Å². The molecule has 3 aromatic heterocycles. The molecule has 0 aliphatic rings. The first-order valence-corrected chi connectivity index (χ1v) is 13.0. The van der Waals surface area contributed by atoms with Crippen LogP contribution in [0.15, 0.2) is 97.2 Å². The Hall–Kier alpha value is -6.03. The van der Waals surface area contributed by atoms with Gasteiger partial charge in [0.15, 0.2) is 17.8 Å². The van der Waals surface area contributed by atoms with E-state index in [1.165, 1.54) is 12.1 Å². The van der Waals surface area contributed by atoms with E-state index in [1.54, 1.807) is 6.20 Å². The average molecular weight is 556 g/mol. The number of carbonyl (C=O) groups is 2. The highest BCUT2D eigenvalue weighted by Gasteiger charge is 2.19. The molecule has 0 saturated heterocycles. The number of fused-ring (bicyclic) bond motifs is 1. The van der Waals surface area contributed by atoms with E-state index in [1.807, 2.05) is 83.4 Å². The number of aromatic nitrogens is 4. The first-order valence-electron chi connectivity index (χ1n) is 13.0. The van der Waals surface area contributed by atoms with Crippen LogP contribution >= 0.6 is 0 Å². The molecule has 1 amide bonds. The summed E-state index contributed by atoms with van der Waals surface area (Å²) in [6.45, 7) is 0.208. The lowest BCUT2D eigenvalue weighted by atomic mass is 10.1. The number of pyridine rings is 2. The molecule has 0 fully saturated rings. The molecule has 6 rings (SSSR count). The first-order chi connectivity index (χ1) is 20.4. The van der Waals surface area contributed by atoms with Crippen molar-refractivity contribution < 1.29 is 14.7 Å². The summed E-state index contributed by atoms with van der Waals surface area (Å²) in [7, 11) is 0. The number of nitrogens with one attached hydrogen (secondary N) is 1. The first kappa shape index (κ1) is 26.2. The summed E-state index contributed by atoms with van der Waals surface area (Å²) in [5, 5.41) is 12.6. The van der Waals surface area contributed by atoms with Crippen molar-refractivity contribution in [2.45, 2.75) is 6.54 Å². The number of aromatic hydroxyl groups is 1. The molecule has 0 atom stereocenters. The fraction of sp³-hybridized carbons (Fsp3) is 0.0312. The molecule has 6 aromatic rings. The number of phenols is 1. The third-order valence-electron chi connectivity index (χ3n) is 6.87. The molecule has 10 heteroatoms. The van der Waals surface area contributed by atoms with Gasteiger partial charge in [0.05, 0.1) is 22.4 Å². The van der Waals surface area contributed by atoms with Gasteiger partial charge in [-0.1, -0.05) is 42.5 Å². The normalized spacial score (nSPS) is 11.0.